The first-order valence-corrected chi connectivity index (χ1v) is 11.8. The van der Waals surface area contributed by atoms with E-state index in [4.69, 9.17) is 0 Å². The van der Waals surface area contributed by atoms with Crippen molar-refractivity contribution in [1.82, 2.24) is 0 Å². The number of ketones is 1. The fraction of sp³-hybridized carbons (Fsp3) is 0.414. The molecule has 0 N–H and O–H groups in total. The molecule has 0 saturated heterocycles. The third-order valence-corrected chi connectivity index (χ3v) is 5.63. The number of carbonyl (C=O) groups is 1. The van der Waals surface area contributed by atoms with Gasteiger partial charge in [0.2, 0.25) is 0 Å². The molecule has 2 heteroatoms. The maximum atomic E-state index is 13.1. The molecule has 166 valence electrons. The molecule has 0 radical (unpaired) electrons. The van der Waals surface area contributed by atoms with Crippen LogP contribution < -0.4 is 10.4 Å². The summed E-state index contributed by atoms with van der Waals surface area (Å²) < 4.78 is 13.1. The van der Waals surface area contributed by atoms with Gasteiger partial charge in [-0.25, -0.2) is 4.39 Å². The number of Topliss-reactive ketones (excluding diaryl/α,β-unsaturated/α-hetero) is 1. The monoisotopic (exact) mass is 420 g/mol. The number of aryl methyl sites for hydroxylation is 1. The van der Waals surface area contributed by atoms with Crippen LogP contribution in [0.1, 0.15) is 93.6 Å². The van der Waals surface area contributed by atoms with Crippen molar-refractivity contribution < 1.29 is 9.18 Å². The number of rotatable bonds is 12. The first-order chi connectivity index (χ1) is 15.0. The molecule has 0 saturated carbocycles. The molecule has 0 unspecified atom stereocenters. The van der Waals surface area contributed by atoms with Crippen LogP contribution in [0.5, 0.6) is 0 Å². The van der Waals surface area contributed by atoms with Gasteiger partial charge in [-0.2, -0.15) is 0 Å². The lowest BCUT2D eigenvalue weighted by Crippen LogP contribution is -2.34. The Bertz CT molecular complexity index is 983. The molecule has 31 heavy (non-hydrogen) atoms. The smallest absolute Gasteiger partial charge is 0.163 e. The number of allylic oxidation sites excluding steroid dienone is 1. The average molecular weight is 421 g/mol. The second-order valence-corrected chi connectivity index (χ2v) is 8.20. The molecule has 2 aromatic rings. The van der Waals surface area contributed by atoms with E-state index in [1.54, 1.807) is 0 Å². The number of benzene rings is 2. The van der Waals surface area contributed by atoms with Crippen molar-refractivity contribution in [3.8, 4) is 0 Å². The van der Waals surface area contributed by atoms with Crippen molar-refractivity contribution >= 4 is 23.5 Å². The van der Waals surface area contributed by atoms with Crippen molar-refractivity contribution in [3.63, 3.8) is 0 Å². The highest BCUT2D eigenvalue weighted by Gasteiger charge is 2.11. The average Bonchev–Trinajstić information content (AvgIpc) is 2.77. The molecule has 2 rings (SSSR count). The summed E-state index contributed by atoms with van der Waals surface area (Å²) in [6, 6.07) is 10.8. The summed E-state index contributed by atoms with van der Waals surface area (Å²) >= 11 is 0. The highest BCUT2D eigenvalue weighted by molar-refractivity contribution is 5.96. The second-order valence-electron chi connectivity index (χ2n) is 8.20. The molecule has 0 aliphatic rings. The fourth-order valence-corrected chi connectivity index (χ4v) is 3.88. The normalized spacial score (nSPS) is 12.4. The number of hydrogen-bond donors (Lipinski definition) is 0. The van der Waals surface area contributed by atoms with Gasteiger partial charge >= 0.3 is 0 Å². The molecule has 0 amide bonds. The summed E-state index contributed by atoms with van der Waals surface area (Å²) in [7, 11) is 0. The number of hydrogen-bond acceptors (Lipinski definition) is 1. The SMILES string of the molecule is C=C(CCCc1ccc(F)cc1)c1ccc(C(=O)CCCC)c(=C\CCC)/c1=C\CC. The van der Waals surface area contributed by atoms with Gasteiger partial charge in [0.15, 0.2) is 5.78 Å². The Balaban J connectivity index is 2.33. The summed E-state index contributed by atoms with van der Waals surface area (Å²) in [5, 5.41) is 2.24. The van der Waals surface area contributed by atoms with Crippen LogP contribution in [0, 0.1) is 5.82 Å². The van der Waals surface area contributed by atoms with Gasteiger partial charge in [0, 0.05) is 12.0 Å². The van der Waals surface area contributed by atoms with Crippen molar-refractivity contribution in [2.45, 2.75) is 78.6 Å². The second kappa shape index (κ2) is 13.0. The molecule has 0 heterocycles. The van der Waals surface area contributed by atoms with Gasteiger partial charge in [0.05, 0.1) is 0 Å². The van der Waals surface area contributed by atoms with Gasteiger partial charge in [-0.1, -0.05) is 76.6 Å². The van der Waals surface area contributed by atoms with E-state index >= 15 is 0 Å². The van der Waals surface area contributed by atoms with Crippen LogP contribution >= 0.6 is 0 Å². The standard InChI is InChI=1S/C29H37FO/c1-5-8-14-27-26(11-7-3)25(20-21-28(27)29(31)15-9-6-2)22(4)12-10-13-23-16-18-24(30)19-17-23/h11,14,16-21H,4-10,12-13,15H2,1-3H3/b26-11-,27-14-. The maximum absolute atomic E-state index is 13.1. The zero-order valence-electron chi connectivity index (χ0n) is 19.5. The van der Waals surface area contributed by atoms with Crippen LogP contribution in [0.15, 0.2) is 43.0 Å². The van der Waals surface area contributed by atoms with Gasteiger partial charge in [-0.15, -0.1) is 0 Å². The van der Waals surface area contributed by atoms with Crippen LogP contribution in [0.3, 0.4) is 0 Å². The zero-order chi connectivity index (χ0) is 22.6. The topological polar surface area (TPSA) is 17.1 Å². The van der Waals surface area contributed by atoms with E-state index in [9.17, 15) is 9.18 Å². The van der Waals surface area contributed by atoms with E-state index in [-0.39, 0.29) is 11.6 Å². The first kappa shape index (κ1) is 24.8. The summed E-state index contributed by atoms with van der Waals surface area (Å²) in [5.41, 5.74) is 4.24. The minimum atomic E-state index is -0.197. The van der Waals surface area contributed by atoms with Crippen molar-refractivity contribution in [3.05, 3.63) is 75.9 Å². The van der Waals surface area contributed by atoms with E-state index < -0.39 is 0 Å². The lowest BCUT2D eigenvalue weighted by molar-refractivity contribution is 0.0978. The third kappa shape index (κ3) is 7.31. The molecule has 0 spiro atoms. The van der Waals surface area contributed by atoms with E-state index in [0.29, 0.717) is 6.42 Å². The van der Waals surface area contributed by atoms with E-state index in [2.05, 4.69) is 45.6 Å². The van der Waals surface area contributed by atoms with Crippen molar-refractivity contribution in [2.24, 2.45) is 0 Å². The van der Waals surface area contributed by atoms with Gasteiger partial charge in [-0.05, 0) is 77.8 Å². The third-order valence-electron chi connectivity index (χ3n) is 5.63. The Morgan fingerprint density at radius 1 is 0.871 bits per heavy atom. The lowest BCUT2D eigenvalue weighted by atomic mass is 9.92. The molecule has 0 aromatic heterocycles. The minimum absolute atomic E-state index is 0.197. The van der Waals surface area contributed by atoms with Crippen LogP contribution in [-0.4, -0.2) is 5.78 Å². The summed E-state index contributed by atoms with van der Waals surface area (Å²) in [4.78, 5) is 12.9. The number of unbranched alkanes of at least 4 members (excludes halogenated alkanes) is 2. The first-order valence-electron chi connectivity index (χ1n) is 11.8. The lowest BCUT2D eigenvalue weighted by Gasteiger charge is -2.12. The van der Waals surface area contributed by atoms with Gasteiger partial charge in [0.1, 0.15) is 5.82 Å². The van der Waals surface area contributed by atoms with Crippen LogP contribution in [0.25, 0.3) is 17.7 Å². The van der Waals surface area contributed by atoms with Crippen LogP contribution in [-0.2, 0) is 6.42 Å². The predicted octanol–water partition coefficient (Wildman–Crippen LogP) is 7.01. The Kier molecular flexibility index (Phi) is 10.4. The summed E-state index contributed by atoms with van der Waals surface area (Å²) in [6.07, 6.45) is 12.7. The molecule has 0 aliphatic carbocycles. The molecule has 0 bridgehead atoms. The molecular weight excluding hydrogens is 383 g/mol. The predicted molar refractivity (Wildman–Crippen MR) is 132 cm³/mol. The van der Waals surface area contributed by atoms with E-state index in [1.165, 1.54) is 12.1 Å². The summed E-state index contributed by atoms with van der Waals surface area (Å²) in [6.45, 7) is 10.8. The maximum Gasteiger partial charge on any atom is 0.163 e. The largest absolute Gasteiger partial charge is 0.294 e. The van der Waals surface area contributed by atoms with Crippen molar-refractivity contribution in [1.29, 1.82) is 0 Å². The molecule has 0 fully saturated rings. The molecular formula is C29H37FO. The van der Waals surface area contributed by atoms with Crippen LogP contribution in [0.4, 0.5) is 4.39 Å². The molecule has 1 nitrogen and oxygen atoms in total. The molecule has 0 aliphatic heterocycles. The highest BCUT2D eigenvalue weighted by Crippen LogP contribution is 2.17. The van der Waals surface area contributed by atoms with Gasteiger partial charge in [0.25, 0.3) is 0 Å². The van der Waals surface area contributed by atoms with E-state index in [1.807, 2.05) is 18.2 Å². The minimum Gasteiger partial charge on any atom is -0.294 e. The van der Waals surface area contributed by atoms with Gasteiger partial charge < -0.3 is 0 Å². The van der Waals surface area contributed by atoms with Crippen LogP contribution in [0.2, 0.25) is 0 Å². The Morgan fingerprint density at radius 2 is 1.55 bits per heavy atom. The molecule has 2 aromatic carbocycles. The van der Waals surface area contributed by atoms with E-state index in [0.717, 1.165) is 84.1 Å². The Morgan fingerprint density at radius 3 is 2.19 bits per heavy atom. The Labute approximate surface area is 187 Å². The van der Waals surface area contributed by atoms with Gasteiger partial charge in [-0.3, -0.25) is 4.79 Å². The highest BCUT2D eigenvalue weighted by atomic mass is 19.1. The van der Waals surface area contributed by atoms with Crippen molar-refractivity contribution in [2.75, 3.05) is 0 Å². The zero-order valence-corrected chi connectivity index (χ0v) is 19.5. The number of carbonyl (C=O) groups excluding carboxylic acids is 1. The number of halogens is 1. The Hall–Kier alpha value is -2.48. The summed E-state index contributed by atoms with van der Waals surface area (Å²) in [5.74, 6) is 0.0424. The quantitative estimate of drug-likeness (QED) is 0.338. The fourth-order valence-electron chi connectivity index (χ4n) is 3.88. The molecule has 0 atom stereocenters.